The molecule has 1 aliphatic carbocycles. The summed E-state index contributed by atoms with van der Waals surface area (Å²) in [6.07, 6.45) is 12.1. The van der Waals surface area contributed by atoms with Crippen LogP contribution in [0.15, 0.2) is 12.4 Å². The predicted octanol–water partition coefficient (Wildman–Crippen LogP) is 2.38. The summed E-state index contributed by atoms with van der Waals surface area (Å²) in [5.74, 6) is 6.58. The van der Waals surface area contributed by atoms with Crippen molar-refractivity contribution in [3.05, 3.63) is 18.0 Å². The SMILES string of the molecule is CCn1cc(C(CCC2CCCC2)NN)cn1. The maximum absolute atomic E-state index is 5.65. The third-order valence-electron chi connectivity index (χ3n) is 3.92. The molecule has 3 N–H and O–H groups in total. The van der Waals surface area contributed by atoms with E-state index in [1.54, 1.807) is 0 Å². The van der Waals surface area contributed by atoms with Gasteiger partial charge in [0.15, 0.2) is 0 Å². The Balaban J connectivity index is 1.86. The molecule has 1 saturated carbocycles. The number of nitrogens with zero attached hydrogens (tertiary/aromatic N) is 2. The summed E-state index contributed by atoms with van der Waals surface area (Å²) < 4.78 is 1.95. The average molecular weight is 236 g/mol. The Kier molecular flexibility index (Phi) is 4.57. The highest BCUT2D eigenvalue weighted by atomic mass is 15.3. The molecule has 2 rings (SSSR count). The average Bonchev–Trinajstić information content (AvgIpc) is 3.00. The molecule has 1 atom stereocenters. The molecule has 0 aliphatic heterocycles. The molecule has 0 aromatic carbocycles. The van der Waals surface area contributed by atoms with Crippen LogP contribution in [0.2, 0.25) is 0 Å². The summed E-state index contributed by atoms with van der Waals surface area (Å²) in [4.78, 5) is 0. The van der Waals surface area contributed by atoms with E-state index in [2.05, 4.69) is 23.6 Å². The van der Waals surface area contributed by atoms with Gasteiger partial charge in [-0.15, -0.1) is 0 Å². The van der Waals surface area contributed by atoms with Gasteiger partial charge in [-0.2, -0.15) is 5.10 Å². The number of hydrogen-bond donors (Lipinski definition) is 2. The highest BCUT2D eigenvalue weighted by Gasteiger charge is 2.18. The first-order chi connectivity index (χ1) is 8.33. The second kappa shape index (κ2) is 6.17. The van der Waals surface area contributed by atoms with E-state index in [-0.39, 0.29) is 6.04 Å². The van der Waals surface area contributed by atoms with E-state index in [9.17, 15) is 0 Å². The van der Waals surface area contributed by atoms with Gasteiger partial charge in [0.2, 0.25) is 0 Å². The smallest absolute Gasteiger partial charge is 0.0538 e. The normalized spacial score (nSPS) is 18.7. The lowest BCUT2D eigenvalue weighted by Crippen LogP contribution is -2.28. The van der Waals surface area contributed by atoms with Crippen LogP contribution >= 0.6 is 0 Å². The van der Waals surface area contributed by atoms with Crippen LogP contribution < -0.4 is 11.3 Å². The Morgan fingerprint density at radius 2 is 2.29 bits per heavy atom. The van der Waals surface area contributed by atoms with Gasteiger partial charge in [0.25, 0.3) is 0 Å². The van der Waals surface area contributed by atoms with Gasteiger partial charge in [0, 0.05) is 24.3 Å². The van der Waals surface area contributed by atoms with Gasteiger partial charge in [-0.05, 0) is 25.7 Å². The van der Waals surface area contributed by atoms with Gasteiger partial charge in [-0.1, -0.05) is 25.7 Å². The minimum absolute atomic E-state index is 0.260. The molecule has 1 aliphatic rings. The lowest BCUT2D eigenvalue weighted by molar-refractivity contribution is 0.416. The number of nitrogens with two attached hydrogens (primary N) is 1. The summed E-state index contributed by atoms with van der Waals surface area (Å²) in [5, 5.41) is 4.30. The van der Waals surface area contributed by atoms with Gasteiger partial charge in [0.05, 0.1) is 6.20 Å². The highest BCUT2D eigenvalue weighted by Crippen LogP contribution is 2.31. The molecule has 0 saturated heterocycles. The Morgan fingerprint density at radius 1 is 1.53 bits per heavy atom. The molecule has 96 valence electrons. The zero-order valence-electron chi connectivity index (χ0n) is 10.7. The van der Waals surface area contributed by atoms with Crippen LogP contribution in [-0.4, -0.2) is 9.78 Å². The van der Waals surface area contributed by atoms with E-state index in [1.807, 2.05) is 10.9 Å². The Morgan fingerprint density at radius 3 is 2.88 bits per heavy atom. The number of aromatic nitrogens is 2. The van der Waals surface area contributed by atoms with Crippen LogP contribution in [0.1, 0.15) is 57.1 Å². The maximum atomic E-state index is 5.65. The van der Waals surface area contributed by atoms with E-state index in [1.165, 1.54) is 37.7 Å². The zero-order valence-corrected chi connectivity index (χ0v) is 10.7. The summed E-state index contributed by atoms with van der Waals surface area (Å²) in [5.41, 5.74) is 4.14. The fraction of sp³-hybridized carbons (Fsp3) is 0.769. The fourth-order valence-corrected chi connectivity index (χ4v) is 2.78. The van der Waals surface area contributed by atoms with Crippen molar-refractivity contribution in [2.24, 2.45) is 11.8 Å². The van der Waals surface area contributed by atoms with Crippen molar-refractivity contribution in [3.8, 4) is 0 Å². The Hall–Kier alpha value is -0.870. The molecule has 1 heterocycles. The lowest BCUT2D eigenvalue weighted by Gasteiger charge is -2.16. The first-order valence-corrected chi connectivity index (χ1v) is 6.82. The van der Waals surface area contributed by atoms with E-state index in [0.29, 0.717) is 0 Å². The van der Waals surface area contributed by atoms with Crippen molar-refractivity contribution in [2.75, 3.05) is 0 Å². The van der Waals surface area contributed by atoms with E-state index in [4.69, 9.17) is 5.84 Å². The minimum atomic E-state index is 0.260. The van der Waals surface area contributed by atoms with Crippen LogP contribution in [0, 0.1) is 5.92 Å². The van der Waals surface area contributed by atoms with Crippen LogP contribution in [0.4, 0.5) is 0 Å². The molecule has 0 spiro atoms. The quantitative estimate of drug-likeness (QED) is 0.589. The van der Waals surface area contributed by atoms with Crippen LogP contribution in [0.25, 0.3) is 0 Å². The fourth-order valence-electron chi connectivity index (χ4n) is 2.78. The number of hydrazine groups is 1. The van der Waals surface area contributed by atoms with Crippen molar-refractivity contribution in [1.82, 2.24) is 15.2 Å². The molecule has 0 bridgehead atoms. The Bertz CT molecular complexity index is 328. The number of rotatable bonds is 6. The summed E-state index contributed by atoms with van der Waals surface area (Å²) >= 11 is 0. The standard InChI is InChI=1S/C13H24N4/c1-2-17-10-12(9-15-17)13(16-14)8-7-11-5-3-4-6-11/h9-11,13,16H,2-8,14H2,1H3. The molecule has 1 aromatic rings. The maximum Gasteiger partial charge on any atom is 0.0538 e. The van der Waals surface area contributed by atoms with E-state index >= 15 is 0 Å². The predicted molar refractivity (Wildman–Crippen MR) is 69.2 cm³/mol. The third kappa shape index (κ3) is 3.30. The summed E-state index contributed by atoms with van der Waals surface area (Å²) in [7, 11) is 0. The second-order valence-corrected chi connectivity index (χ2v) is 5.08. The first-order valence-electron chi connectivity index (χ1n) is 6.82. The summed E-state index contributed by atoms with van der Waals surface area (Å²) in [6, 6.07) is 0.260. The van der Waals surface area contributed by atoms with Gasteiger partial charge in [-0.3, -0.25) is 16.0 Å². The molecule has 1 aromatic heterocycles. The number of nitrogens with one attached hydrogen (secondary N) is 1. The minimum Gasteiger partial charge on any atom is -0.273 e. The summed E-state index contributed by atoms with van der Waals surface area (Å²) in [6.45, 7) is 3.01. The third-order valence-corrected chi connectivity index (χ3v) is 3.92. The molecule has 4 nitrogen and oxygen atoms in total. The van der Waals surface area contributed by atoms with Crippen molar-refractivity contribution in [1.29, 1.82) is 0 Å². The van der Waals surface area contributed by atoms with Gasteiger partial charge in [-0.25, -0.2) is 0 Å². The molecular formula is C13H24N4. The molecule has 1 fully saturated rings. The monoisotopic (exact) mass is 236 g/mol. The molecule has 1 unspecified atom stereocenters. The molecular weight excluding hydrogens is 212 g/mol. The van der Waals surface area contributed by atoms with Crippen LogP contribution in [0.3, 0.4) is 0 Å². The van der Waals surface area contributed by atoms with Gasteiger partial charge < -0.3 is 0 Å². The second-order valence-electron chi connectivity index (χ2n) is 5.08. The molecule has 0 radical (unpaired) electrons. The van der Waals surface area contributed by atoms with Gasteiger partial charge >= 0.3 is 0 Å². The van der Waals surface area contributed by atoms with E-state index in [0.717, 1.165) is 18.9 Å². The van der Waals surface area contributed by atoms with Crippen molar-refractivity contribution < 1.29 is 0 Å². The molecule has 17 heavy (non-hydrogen) atoms. The Labute approximate surface area is 104 Å². The van der Waals surface area contributed by atoms with Crippen molar-refractivity contribution >= 4 is 0 Å². The highest BCUT2D eigenvalue weighted by molar-refractivity contribution is 5.09. The number of hydrogen-bond acceptors (Lipinski definition) is 3. The van der Waals surface area contributed by atoms with E-state index < -0.39 is 0 Å². The van der Waals surface area contributed by atoms with Crippen molar-refractivity contribution in [2.45, 2.75) is 58.0 Å². The van der Waals surface area contributed by atoms with Crippen LogP contribution in [0.5, 0.6) is 0 Å². The first kappa shape index (κ1) is 12.6. The molecule has 4 heteroatoms. The largest absolute Gasteiger partial charge is 0.273 e. The van der Waals surface area contributed by atoms with Gasteiger partial charge in [0.1, 0.15) is 0 Å². The number of aryl methyl sites for hydroxylation is 1. The topological polar surface area (TPSA) is 55.9 Å². The van der Waals surface area contributed by atoms with Crippen molar-refractivity contribution in [3.63, 3.8) is 0 Å². The molecule has 0 amide bonds. The lowest BCUT2D eigenvalue weighted by atomic mass is 9.96. The zero-order chi connectivity index (χ0) is 12.1. The van der Waals surface area contributed by atoms with Crippen LogP contribution in [-0.2, 0) is 6.54 Å².